The van der Waals surface area contributed by atoms with Gasteiger partial charge >= 0.3 is 0 Å². The molecule has 1 amide bonds. The van der Waals surface area contributed by atoms with Crippen LogP contribution in [0.1, 0.15) is 26.2 Å². The van der Waals surface area contributed by atoms with Gasteiger partial charge in [0.15, 0.2) is 0 Å². The van der Waals surface area contributed by atoms with Crippen molar-refractivity contribution in [1.29, 1.82) is 0 Å². The van der Waals surface area contributed by atoms with E-state index >= 15 is 0 Å². The average molecular weight is 226 g/mol. The Hall–Kier alpha value is -0.610. The Kier molecular flexibility index (Phi) is 3.50. The van der Waals surface area contributed by atoms with Crippen molar-refractivity contribution in [2.24, 2.45) is 5.92 Å². The van der Waals surface area contributed by atoms with Gasteiger partial charge in [-0.2, -0.15) is 0 Å². The maximum Gasteiger partial charge on any atom is 0.227 e. The molecule has 0 bridgehead atoms. The highest BCUT2D eigenvalue weighted by Gasteiger charge is 2.35. The Morgan fingerprint density at radius 2 is 2.38 bits per heavy atom. The van der Waals surface area contributed by atoms with Gasteiger partial charge in [-0.25, -0.2) is 0 Å². The lowest BCUT2D eigenvalue weighted by atomic mass is 9.93. The van der Waals surface area contributed by atoms with Gasteiger partial charge in [0.05, 0.1) is 11.5 Å². The molecule has 0 saturated carbocycles. The van der Waals surface area contributed by atoms with Crippen molar-refractivity contribution in [3.05, 3.63) is 0 Å². The van der Waals surface area contributed by atoms with E-state index < -0.39 is 0 Å². The van der Waals surface area contributed by atoms with Crippen LogP contribution in [-0.4, -0.2) is 49.7 Å². The van der Waals surface area contributed by atoms with Crippen LogP contribution in [0.3, 0.4) is 0 Å². The Balaban J connectivity index is 1.95. The summed E-state index contributed by atoms with van der Waals surface area (Å²) in [7, 11) is 1.74. The first kappa shape index (κ1) is 11.9. The van der Waals surface area contributed by atoms with Crippen LogP contribution < -0.4 is 5.32 Å². The summed E-state index contributed by atoms with van der Waals surface area (Å²) in [6.07, 6.45) is 3.09. The molecule has 4 nitrogen and oxygen atoms in total. The molecule has 0 radical (unpaired) electrons. The van der Waals surface area contributed by atoms with Crippen LogP contribution in [0.25, 0.3) is 0 Å². The predicted molar refractivity (Wildman–Crippen MR) is 62.2 cm³/mol. The van der Waals surface area contributed by atoms with Crippen molar-refractivity contribution >= 4 is 5.91 Å². The molecule has 0 spiro atoms. The van der Waals surface area contributed by atoms with Crippen LogP contribution in [0, 0.1) is 5.92 Å². The second-order valence-electron chi connectivity index (χ2n) is 5.21. The number of methoxy groups -OCH3 is 1. The van der Waals surface area contributed by atoms with Gasteiger partial charge in [0.2, 0.25) is 5.91 Å². The quantitative estimate of drug-likeness (QED) is 0.750. The normalized spacial score (nSPS) is 35.4. The molecule has 0 aromatic heterocycles. The van der Waals surface area contributed by atoms with Gasteiger partial charge in [-0.15, -0.1) is 0 Å². The number of piperidine rings is 1. The summed E-state index contributed by atoms with van der Waals surface area (Å²) >= 11 is 0. The van der Waals surface area contributed by atoms with Crippen molar-refractivity contribution < 1.29 is 9.53 Å². The molecule has 2 rings (SSSR count). The monoisotopic (exact) mass is 226 g/mol. The standard InChI is InChI=1S/C12H22N2O2/c1-12(16-2)5-3-7-14(9-12)11(15)10-4-6-13-8-10/h10,13H,3-9H2,1-2H3. The molecule has 2 fully saturated rings. The molecule has 2 heterocycles. The van der Waals surface area contributed by atoms with Gasteiger partial charge in [0, 0.05) is 26.7 Å². The Labute approximate surface area is 97.3 Å². The Bertz CT molecular complexity index is 264. The summed E-state index contributed by atoms with van der Waals surface area (Å²) in [6, 6.07) is 0. The number of carbonyl (C=O) groups excluding carboxylic acids is 1. The third kappa shape index (κ3) is 2.38. The number of hydrogen-bond acceptors (Lipinski definition) is 3. The lowest BCUT2D eigenvalue weighted by Crippen LogP contribution is -2.51. The van der Waals surface area contributed by atoms with E-state index in [1.807, 2.05) is 4.90 Å². The highest BCUT2D eigenvalue weighted by molar-refractivity contribution is 5.79. The number of nitrogens with one attached hydrogen (secondary N) is 1. The second-order valence-corrected chi connectivity index (χ2v) is 5.21. The number of rotatable bonds is 2. The zero-order valence-electron chi connectivity index (χ0n) is 10.3. The summed E-state index contributed by atoms with van der Waals surface area (Å²) in [4.78, 5) is 14.2. The molecule has 0 aliphatic carbocycles. The van der Waals surface area contributed by atoms with Gasteiger partial charge in [0.1, 0.15) is 0 Å². The number of ether oxygens (including phenoxy) is 1. The molecule has 2 aliphatic heterocycles. The number of hydrogen-bond donors (Lipinski definition) is 1. The van der Waals surface area contributed by atoms with Gasteiger partial charge in [-0.3, -0.25) is 4.79 Å². The van der Waals surface area contributed by atoms with E-state index in [2.05, 4.69) is 12.2 Å². The van der Waals surface area contributed by atoms with Gasteiger partial charge in [-0.05, 0) is 32.7 Å². The number of carbonyl (C=O) groups is 1. The van der Waals surface area contributed by atoms with Crippen molar-refractivity contribution in [2.75, 3.05) is 33.3 Å². The Morgan fingerprint density at radius 3 is 3.00 bits per heavy atom. The number of nitrogens with zero attached hydrogens (tertiary/aromatic N) is 1. The number of amides is 1. The lowest BCUT2D eigenvalue weighted by Gasteiger charge is -2.40. The molecule has 0 aromatic rings. The van der Waals surface area contributed by atoms with Crippen LogP contribution in [0.2, 0.25) is 0 Å². The lowest BCUT2D eigenvalue weighted by molar-refractivity contribution is -0.142. The van der Waals surface area contributed by atoms with E-state index in [1.165, 1.54) is 0 Å². The molecule has 0 aromatic carbocycles. The first-order chi connectivity index (χ1) is 7.64. The highest BCUT2D eigenvalue weighted by Crippen LogP contribution is 2.25. The van der Waals surface area contributed by atoms with Crippen LogP contribution in [0.15, 0.2) is 0 Å². The second kappa shape index (κ2) is 4.72. The smallest absolute Gasteiger partial charge is 0.227 e. The van der Waals surface area contributed by atoms with Gasteiger partial charge in [0.25, 0.3) is 0 Å². The molecule has 2 unspecified atom stereocenters. The van der Waals surface area contributed by atoms with Gasteiger partial charge < -0.3 is 15.0 Å². The van der Waals surface area contributed by atoms with E-state index in [1.54, 1.807) is 7.11 Å². The van der Waals surface area contributed by atoms with Gasteiger partial charge in [-0.1, -0.05) is 0 Å². The molecule has 2 atom stereocenters. The molecule has 92 valence electrons. The van der Waals surface area contributed by atoms with Crippen LogP contribution in [-0.2, 0) is 9.53 Å². The minimum atomic E-state index is -0.139. The SMILES string of the molecule is COC1(C)CCCN(C(=O)C2CCNC2)C1. The molecule has 2 saturated heterocycles. The van der Waals surface area contributed by atoms with Crippen LogP contribution >= 0.6 is 0 Å². The van der Waals surface area contributed by atoms with E-state index in [9.17, 15) is 4.79 Å². The largest absolute Gasteiger partial charge is 0.377 e. The van der Waals surface area contributed by atoms with Crippen LogP contribution in [0.4, 0.5) is 0 Å². The van der Waals surface area contributed by atoms with E-state index in [0.717, 1.165) is 45.4 Å². The summed E-state index contributed by atoms with van der Waals surface area (Å²) in [5.41, 5.74) is -0.139. The third-order valence-corrected chi connectivity index (χ3v) is 3.87. The summed E-state index contributed by atoms with van der Waals surface area (Å²) < 4.78 is 5.51. The summed E-state index contributed by atoms with van der Waals surface area (Å²) in [5.74, 6) is 0.507. The van der Waals surface area contributed by atoms with Crippen LogP contribution in [0.5, 0.6) is 0 Å². The molecule has 2 aliphatic rings. The van der Waals surface area contributed by atoms with Crippen molar-refractivity contribution in [3.63, 3.8) is 0 Å². The zero-order valence-corrected chi connectivity index (χ0v) is 10.3. The minimum Gasteiger partial charge on any atom is -0.377 e. The molecule has 1 N–H and O–H groups in total. The minimum absolute atomic E-state index is 0.139. The van der Waals surface area contributed by atoms with E-state index in [4.69, 9.17) is 4.74 Å². The highest BCUT2D eigenvalue weighted by atomic mass is 16.5. The average Bonchev–Trinajstić information content (AvgIpc) is 2.82. The first-order valence-corrected chi connectivity index (χ1v) is 6.19. The maximum atomic E-state index is 12.2. The van der Waals surface area contributed by atoms with E-state index in [-0.39, 0.29) is 11.5 Å². The topological polar surface area (TPSA) is 41.6 Å². The summed E-state index contributed by atoms with van der Waals surface area (Å²) in [5, 5.41) is 3.25. The summed E-state index contributed by atoms with van der Waals surface area (Å²) in [6.45, 7) is 5.57. The van der Waals surface area contributed by atoms with Crippen molar-refractivity contribution in [2.45, 2.75) is 31.8 Å². The maximum absolute atomic E-state index is 12.2. The molecule has 4 heteroatoms. The fraction of sp³-hybridized carbons (Fsp3) is 0.917. The molecular formula is C12H22N2O2. The zero-order chi connectivity index (χ0) is 11.6. The molecular weight excluding hydrogens is 204 g/mol. The first-order valence-electron chi connectivity index (χ1n) is 6.19. The number of likely N-dealkylation sites (tertiary alicyclic amines) is 1. The third-order valence-electron chi connectivity index (χ3n) is 3.87. The molecule has 16 heavy (non-hydrogen) atoms. The van der Waals surface area contributed by atoms with Crippen molar-refractivity contribution in [1.82, 2.24) is 10.2 Å². The fourth-order valence-electron chi connectivity index (χ4n) is 2.68. The fourth-order valence-corrected chi connectivity index (χ4v) is 2.68. The van der Waals surface area contributed by atoms with Crippen molar-refractivity contribution in [3.8, 4) is 0 Å². The predicted octanol–water partition coefficient (Wildman–Crippen LogP) is 0.623. The van der Waals surface area contributed by atoms with E-state index in [0.29, 0.717) is 5.91 Å². The Morgan fingerprint density at radius 1 is 1.56 bits per heavy atom.